The van der Waals surface area contributed by atoms with Crippen molar-refractivity contribution in [2.24, 2.45) is 11.8 Å². The van der Waals surface area contributed by atoms with Crippen LogP contribution in [0.15, 0.2) is 12.3 Å². The second-order valence-electron chi connectivity index (χ2n) is 11.3. The molecule has 0 radical (unpaired) electrons. The van der Waals surface area contributed by atoms with E-state index in [1.807, 2.05) is 19.9 Å². The second-order valence-corrected chi connectivity index (χ2v) is 12.4. The molecule has 3 aromatic heterocycles. The smallest absolute Gasteiger partial charge is 0.225 e. The molecule has 0 bridgehead atoms. The Kier molecular flexibility index (Phi) is 7.12. The topological polar surface area (TPSA) is 136 Å². The summed E-state index contributed by atoms with van der Waals surface area (Å²) in [6.07, 6.45) is 5.04. The molecule has 0 spiro atoms. The van der Waals surface area contributed by atoms with E-state index in [-0.39, 0.29) is 6.04 Å². The van der Waals surface area contributed by atoms with E-state index in [0.717, 1.165) is 32.2 Å². The normalized spacial score (nSPS) is 25.6. The number of nitrogens with one attached hydrogen (secondary N) is 2. The van der Waals surface area contributed by atoms with E-state index in [2.05, 4.69) is 22.5 Å². The number of fused-ring (bicyclic) bond motifs is 1. The third kappa shape index (κ3) is 5.16. The van der Waals surface area contributed by atoms with Gasteiger partial charge in [-0.05, 0) is 65.9 Å². The Morgan fingerprint density at radius 3 is 2.43 bits per heavy atom. The van der Waals surface area contributed by atoms with Crippen molar-refractivity contribution in [2.75, 3.05) is 10.6 Å². The lowest BCUT2D eigenvalue weighted by Gasteiger charge is -2.28. The number of pyridine rings is 1. The van der Waals surface area contributed by atoms with E-state index in [1.54, 1.807) is 31.4 Å². The van der Waals surface area contributed by atoms with Crippen molar-refractivity contribution in [3.8, 4) is 10.6 Å². The van der Waals surface area contributed by atoms with Gasteiger partial charge in [0.05, 0.1) is 39.4 Å². The Labute approximate surface area is 221 Å². The molecule has 10 heteroatoms. The number of aliphatic hydroxyl groups is 3. The van der Waals surface area contributed by atoms with Crippen molar-refractivity contribution >= 4 is 33.3 Å². The summed E-state index contributed by atoms with van der Waals surface area (Å²) in [7, 11) is 0. The van der Waals surface area contributed by atoms with Gasteiger partial charge in [0.2, 0.25) is 5.95 Å². The molecule has 0 unspecified atom stereocenters. The molecule has 5 atom stereocenters. The minimum atomic E-state index is -1.12. The number of hydrogen-bond acceptors (Lipinski definition) is 10. The molecule has 2 aliphatic carbocycles. The van der Waals surface area contributed by atoms with Gasteiger partial charge in [-0.3, -0.25) is 4.98 Å². The standard InChI is InChI=1S/C27H38N6O3S/c1-13(16-8-6-7-9-16)29-26-30-14(2)20(25-32-21-15(3)28-11-10-19(21)37-25)24(33-26)31-18-12-17(27(4,5)36)22(34)23(18)35/h10-11,13,16-18,22-23,34-36H,6-9,12H2,1-5H3,(H2,29,30,31,33)/t13-,17+,18-,22-,23+/m1/s1. The van der Waals surface area contributed by atoms with Crippen molar-refractivity contribution in [1.82, 2.24) is 19.9 Å². The van der Waals surface area contributed by atoms with Crippen molar-refractivity contribution in [3.63, 3.8) is 0 Å². The summed E-state index contributed by atoms with van der Waals surface area (Å²) >= 11 is 1.55. The fourth-order valence-corrected chi connectivity index (χ4v) is 7.03. The number of rotatable bonds is 7. The number of thiazole rings is 1. The zero-order valence-electron chi connectivity index (χ0n) is 22.2. The summed E-state index contributed by atoms with van der Waals surface area (Å²) in [5.74, 6) is 1.22. The van der Waals surface area contributed by atoms with E-state index in [1.165, 1.54) is 25.7 Å². The van der Waals surface area contributed by atoms with Gasteiger partial charge in [0.15, 0.2) is 0 Å². The molecule has 0 amide bonds. The predicted molar refractivity (Wildman–Crippen MR) is 147 cm³/mol. The largest absolute Gasteiger partial charge is 0.390 e. The predicted octanol–water partition coefficient (Wildman–Crippen LogP) is 4.05. The first-order chi connectivity index (χ1) is 17.5. The average Bonchev–Trinajstić information content (AvgIpc) is 3.55. The molecule has 3 aromatic rings. The van der Waals surface area contributed by atoms with Crippen LogP contribution in [-0.2, 0) is 0 Å². The summed E-state index contributed by atoms with van der Waals surface area (Å²) < 4.78 is 1.03. The van der Waals surface area contributed by atoms with Gasteiger partial charge in [-0.1, -0.05) is 12.8 Å². The van der Waals surface area contributed by atoms with Gasteiger partial charge in [0.25, 0.3) is 0 Å². The number of aryl methyl sites for hydroxylation is 2. The van der Waals surface area contributed by atoms with Gasteiger partial charge in [-0.15, -0.1) is 11.3 Å². The number of aliphatic hydroxyl groups excluding tert-OH is 2. The molecule has 5 rings (SSSR count). The molecular formula is C27H38N6O3S. The molecule has 0 aromatic carbocycles. The van der Waals surface area contributed by atoms with E-state index in [9.17, 15) is 15.3 Å². The van der Waals surface area contributed by atoms with Crippen LogP contribution >= 0.6 is 11.3 Å². The van der Waals surface area contributed by atoms with Crippen LogP contribution < -0.4 is 10.6 Å². The molecule has 0 aliphatic heterocycles. The van der Waals surface area contributed by atoms with Crippen LogP contribution in [0.25, 0.3) is 20.8 Å². The molecular weight excluding hydrogens is 488 g/mol. The molecule has 2 aliphatic rings. The molecule has 2 fully saturated rings. The lowest BCUT2D eigenvalue weighted by Crippen LogP contribution is -2.40. The molecule has 2 saturated carbocycles. The Hall–Kier alpha value is -2.40. The van der Waals surface area contributed by atoms with Crippen LogP contribution in [0.1, 0.15) is 64.3 Å². The highest BCUT2D eigenvalue weighted by Crippen LogP contribution is 2.40. The molecule has 0 saturated heterocycles. The Bertz CT molecular complexity index is 1270. The van der Waals surface area contributed by atoms with Crippen LogP contribution in [0.3, 0.4) is 0 Å². The number of nitrogens with zero attached hydrogens (tertiary/aromatic N) is 4. The van der Waals surface area contributed by atoms with Crippen molar-refractivity contribution in [3.05, 3.63) is 23.7 Å². The summed E-state index contributed by atoms with van der Waals surface area (Å²) in [5, 5.41) is 39.9. The number of anilines is 2. The highest BCUT2D eigenvalue weighted by molar-refractivity contribution is 7.21. The minimum absolute atomic E-state index is 0.246. The second kappa shape index (κ2) is 10.1. The maximum absolute atomic E-state index is 10.9. The van der Waals surface area contributed by atoms with Crippen LogP contribution in [-0.4, -0.2) is 65.1 Å². The Morgan fingerprint density at radius 2 is 1.78 bits per heavy atom. The van der Waals surface area contributed by atoms with Gasteiger partial charge in [0.1, 0.15) is 22.4 Å². The third-order valence-corrected chi connectivity index (χ3v) is 9.21. The van der Waals surface area contributed by atoms with Crippen LogP contribution in [0, 0.1) is 25.7 Å². The highest BCUT2D eigenvalue weighted by Gasteiger charge is 2.48. The van der Waals surface area contributed by atoms with Gasteiger partial charge in [-0.2, -0.15) is 4.98 Å². The fraction of sp³-hybridized carbons (Fsp3) is 0.630. The van der Waals surface area contributed by atoms with Gasteiger partial charge >= 0.3 is 0 Å². The van der Waals surface area contributed by atoms with E-state index in [4.69, 9.17) is 15.0 Å². The van der Waals surface area contributed by atoms with Crippen LogP contribution in [0.2, 0.25) is 0 Å². The lowest BCUT2D eigenvalue weighted by molar-refractivity contribution is -0.0601. The van der Waals surface area contributed by atoms with Gasteiger partial charge < -0.3 is 26.0 Å². The maximum Gasteiger partial charge on any atom is 0.225 e. The monoisotopic (exact) mass is 526 g/mol. The SMILES string of the molecule is Cc1nc(N[C@H](C)C2CCCC2)nc(N[C@@H]2C[C@H](C(C)(C)O)[C@@H](O)[C@H]2O)c1-c1nc2c(C)nccc2s1. The summed E-state index contributed by atoms with van der Waals surface area (Å²) in [6, 6.07) is 1.71. The Morgan fingerprint density at radius 1 is 1.05 bits per heavy atom. The van der Waals surface area contributed by atoms with Crippen LogP contribution in [0.4, 0.5) is 11.8 Å². The lowest BCUT2D eigenvalue weighted by atomic mass is 9.88. The summed E-state index contributed by atoms with van der Waals surface area (Å²) in [4.78, 5) is 19.0. The molecule has 200 valence electrons. The van der Waals surface area contributed by atoms with Crippen molar-refractivity contribution < 1.29 is 15.3 Å². The maximum atomic E-state index is 10.9. The summed E-state index contributed by atoms with van der Waals surface area (Å²) in [6.45, 7) is 9.41. The first kappa shape index (κ1) is 26.2. The average molecular weight is 527 g/mol. The van der Waals surface area contributed by atoms with Gasteiger partial charge in [0, 0.05) is 18.2 Å². The van der Waals surface area contributed by atoms with E-state index < -0.39 is 29.8 Å². The summed E-state index contributed by atoms with van der Waals surface area (Å²) in [5.41, 5.74) is 2.13. The molecule has 3 heterocycles. The van der Waals surface area contributed by atoms with E-state index >= 15 is 0 Å². The number of aromatic nitrogens is 4. The zero-order valence-corrected chi connectivity index (χ0v) is 23.0. The Balaban J connectivity index is 1.53. The first-order valence-corrected chi connectivity index (χ1v) is 14.1. The van der Waals surface area contributed by atoms with Crippen LogP contribution in [0.5, 0.6) is 0 Å². The quantitative estimate of drug-likeness (QED) is 0.309. The number of hydrogen-bond donors (Lipinski definition) is 5. The van der Waals surface area contributed by atoms with Crippen molar-refractivity contribution in [2.45, 2.75) is 96.6 Å². The third-order valence-electron chi connectivity index (χ3n) is 8.17. The fourth-order valence-electron chi connectivity index (χ4n) is 5.92. The van der Waals surface area contributed by atoms with Gasteiger partial charge in [-0.25, -0.2) is 9.97 Å². The highest BCUT2D eigenvalue weighted by atomic mass is 32.1. The van der Waals surface area contributed by atoms with E-state index in [0.29, 0.717) is 24.1 Å². The molecule has 5 N–H and O–H groups in total. The molecule has 9 nitrogen and oxygen atoms in total. The first-order valence-electron chi connectivity index (χ1n) is 13.3. The molecule has 37 heavy (non-hydrogen) atoms. The zero-order chi connectivity index (χ0) is 26.5. The minimum Gasteiger partial charge on any atom is -0.390 e. The van der Waals surface area contributed by atoms with Crippen molar-refractivity contribution in [1.29, 1.82) is 0 Å².